The van der Waals surface area contributed by atoms with Crippen LogP contribution < -0.4 is 4.90 Å². The number of phenols is 1. The Balaban J connectivity index is 1.55. The quantitative estimate of drug-likeness (QED) is 0.595. The van der Waals surface area contributed by atoms with Gasteiger partial charge in [-0.1, -0.05) is 0 Å². The summed E-state index contributed by atoms with van der Waals surface area (Å²) in [6.07, 6.45) is -1.91. The molecule has 0 unspecified atom stereocenters. The van der Waals surface area contributed by atoms with Crippen molar-refractivity contribution in [2.75, 3.05) is 24.5 Å². The number of aromatic hydroxyl groups is 1. The van der Waals surface area contributed by atoms with E-state index < -0.39 is 34.7 Å². The molecule has 13 heteroatoms. The second-order valence-corrected chi connectivity index (χ2v) is 8.07. The summed E-state index contributed by atoms with van der Waals surface area (Å²) in [5.74, 6) is -5.24. The first kappa shape index (κ1) is 21.3. The number of phenolic OH excluding ortho intramolecular Hbond substituents is 1. The van der Waals surface area contributed by atoms with E-state index in [-0.39, 0.29) is 41.2 Å². The van der Waals surface area contributed by atoms with E-state index in [2.05, 4.69) is 15.1 Å². The summed E-state index contributed by atoms with van der Waals surface area (Å²) in [6, 6.07) is 0.557. The summed E-state index contributed by atoms with van der Waals surface area (Å²) in [6.45, 7) is 1.12. The van der Waals surface area contributed by atoms with Crippen LogP contribution in [0.3, 0.4) is 0 Å². The van der Waals surface area contributed by atoms with Gasteiger partial charge in [0.25, 0.3) is 0 Å². The van der Waals surface area contributed by atoms with E-state index >= 15 is 0 Å². The highest BCUT2D eigenvalue weighted by molar-refractivity contribution is 5.92. The third-order valence-corrected chi connectivity index (χ3v) is 5.83. The molecule has 1 aliphatic heterocycles. The molecule has 1 N–H and O–H groups in total. The van der Waals surface area contributed by atoms with Crippen LogP contribution >= 0.6 is 0 Å². The van der Waals surface area contributed by atoms with Crippen LogP contribution in [0.15, 0.2) is 12.3 Å². The normalized spacial score (nSPS) is 17.3. The smallest absolute Gasteiger partial charge is 0.419 e. The number of piperazine rings is 1. The van der Waals surface area contributed by atoms with E-state index in [0.29, 0.717) is 19.1 Å². The maximum Gasteiger partial charge on any atom is 0.419 e. The highest BCUT2D eigenvalue weighted by atomic mass is 19.4. The first-order chi connectivity index (χ1) is 15.6. The average molecular weight is 468 g/mol. The van der Waals surface area contributed by atoms with Gasteiger partial charge < -0.3 is 14.9 Å². The Hall–Kier alpha value is -3.51. The van der Waals surface area contributed by atoms with Gasteiger partial charge in [-0.15, -0.1) is 0 Å². The molecule has 1 aromatic carbocycles. The van der Waals surface area contributed by atoms with E-state index in [4.69, 9.17) is 0 Å². The van der Waals surface area contributed by atoms with Gasteiger partial charge in [0, 0.05) is 37.9 Å². The average Bonchev–Trinajstić information content (AvgIpc) is 3.55. The first-order valence-corrected chi connectivity index (χ1v) is 10.1. The Morgan fingerprint density at radius 2 is 1.88 bits per heavy atom. The van der Waals surface area contributed by atoms with Crippen molar-refractivity contribution in [1.29, 1.82) is 0 Å². The monoisotopic (exact) mass is 468 g/mol. The zero-order valence-electron chi connectivity index (χ0n) is 17.2. The summed E-state index contributed by atoms with van der Waals surface area (Å²) in [5, 5.41) is 13.8. The van der Waals surface area contributed by atoms with Crippen LogP contribution in [0.1, 0.15) is 18.4 Å². The molecule has 1 aliphatic carbocycles. The number of fused-ring (bicyclic) bond motifs is 1. The Labute approximate surface area is 183 Å². The fraction of sp³-hybridized carbons (Fsp3) is 0.400. The maximum atomic E-state index is 14.6. The minimum atomic E-state index is -5.16. The molecule has 2 aromatic heterocycles. The van der Waals surface area contributed by atoms with Gasteiger partial charge in [-0.3, -0.25) is 4.79 Å². The first-order valence-electron chi connectivity index (χ1n) is 10.1. The number of carbonyl (C=O) groups is 1. The highest BCUT2D eigenvalue weighted by Crippen LogP contribution is 2.41. The standard InChI is InChI=1S/C20H17F5N6O2/c1-29-18-11(7-26-19(27-18)30-4-5-31(9-2-3-9)13(32)8-30)16(28-29)10-6-12(20(23,24)25)15(22)17(33)14(10)21/h6-7,9,33H,2-5,8H2,1H3. The lowest BCUT2D eigenvalue weighted by molar-refractivity contribution is -0.140. The van der Waals surface area contributed by atoms with E-state index in [9.17, 15) is 31.9 Å². The van der Waals surface area contributed by atoms with Crippen LogP contribution in [0.2, 0.25) is 0 Å². The van der Waals surface area contributed by atoms with E-state index in [1.54, 1.807) is 4.90 Å². The van der Waals surface area contributed by atoms with Gasteiger partial charge >= 0.3 is 6.18 Å². The Morgan fingerprint density at radius 1 is 1.15 bits per heavy atom. The number of rotatable bonds is 3. The van der Waals surface area contributed by atoms with Gasteiger partial charge in [-0.05, 0) is 18.9 Å². The number of alkyl halides is 3. The molecule has 1 amide bonds. The number of hydrogen-bond acceptors (Lipinski definition) is 6. The van der Waals surface area contributed by atoms with Crippen molar-refractivity contribution in [3.63, 3.8) is 0 Å². The maximum absolute atomic E-state index is 14.6. The topological polar surface area (TPSA) is 87.4 Å². The molecule has 5 rings (SSSR count). The molecule has 2 fully saturated rings. The van der Waals surface area contributed by atoms with Crippen LogP contribution in [0, 0.1) is 11.6 Å². The number of aromatic nitrogens is 4. The number of amides is 1. The molecule has 0 atom stereocenters. The number of benzene rings is 1. The van der Waals surface area contributed by atoms with Crippen LogP contribution in [0.5, 0.6) is 5.75 Å². The molecule has 174 valence electrons. The number of nitrogens with zero attached hydrogens (tertiary/aromatic N) is 6. The van der Waals surface area contributed by atoms with E-state index in [1.807, 2.05) is 4.90 Å². The zero-order valence-corrected chi connectivity index (χ0v) is 17.2. The van der Waals surface area contributed by atoms with Gasteiger partial charge in [0.1, 0.15) is 12.2 Å². The Kier molecular flexibility index (Phi) is 4.69. The van der Waals surface area contributed by atoms with Crippen molar-refractivity contribution in [2.45, 2.75) is 25.1 Å². The summed E-state index contributed by atoms with van der Waals surface area (Å²) >= 11 is 0. The fourth-order valence-corrected chi connectivity index (χ4v) is 4.01. The minimum Gasteiger partial charge on any atom is -0.503 e. The third-order valence-electron chi connectivity index (χ3n) is 5.83. The predicted molar refractivity (Wildman–Crippen MR) is 105 cm³/mol. The third kappa shape index (κ3) is 3.51. The largest absolute Gasteiger partial charge is 0.503 e. The predicted octanol–water partition coefficient (Wildman–Crippen LogP) is 2.84. The minimum absolute atomic E-state index is 0.0401. The lowest BCUT2D eigenvalue weighted by Gasteiger charge is -2.34. The lowest BCUT2D eigenvalue weighted by atomic mass is 10.0. The van der Waals surface area contributed by atoms with E-state index in [1.165, 1.54) is 17.9 Å². The molecular weight excluding hydrogens is 451 g/mol. The van der Waals surface area contributed by atoms with E-state index in [0.717, 1.165) is 12.8 Å². The summed E-state index contributed by atoms with van der Waals surface area (Å²) < 4.78 is 69.2. The summed E-state index contributed by atoms with van der Waals surface area (Å²) in [4.78, 5) is 24.5. The number of anilines is 1. The van der Waals surface area contributed by atoms with Crippen molar-refractivity contribution in [2.24, 2.45) is 7.05 Å². The van der Waals surface area contributed by atoms with Crippen LogP contribution in [-0.2, 0) is 18.0 Å². The van der Waals surface area contributed by atoms with Crippen molar-refractivity contribution >= 4 is 22.9 Å². The molecule has 2 aliphatic rings. The SMILES string of the molecule is Cn1nc(-c2cc(C(F)(F)F)c(F)c(O)c2F)c2cnc(N3CCN(C4CC4)C(=O)C3)nc21. The molecular formula is C20H17F5N6O2. The molecule has 8 nitrogen and oxygen atoms in total. The van der Waals surface area contributed by atoms with Gasteiger partial charge in [0.05, 0.1) is 10.9 Å². The number of hydrogen-bond donors (Lipinski definition) is 1. The number of halogens is 5. The Bertz CT molecular complexity index is 1290. The molecule has 1 saturated carbocycles. The number of aryl methyl sites for hydroxylation is 1. The van der Waals surface area contributed by atoms with Crippen LogP contribution in [0.25, 0.3) is 22.3 Å². The fourth-order valence-electron chi connectivity index (χ4n) is 4.01. The molecule has 33 heavy (non-hydrogen) atoms. The lowest BCUT2D eigenvalue weighted by Crippen LogP contribution is -2.51. The van der Waals surface area contributed by atoms with Crippen LogP contribution in [0.4, 0.5) is 27.9 Å². The molecule has 3 heterocycles. The van der Waals surface area contributed by atoms with Gasteiger partial charge in [0.2, 0.25) is 11.9 Å². The molecule has 1 saturated heterocycles. The van der Waals surface area contributed by atoms with Crippen molar-refractivity contribution in [1.82, 2.24) is 24.6 Å². The second-order valence-electron chi connectivity index (χ2n) is 8.07. The van der Waals surface area contributed by atoms with Gasteiger partial charge in [0.15, 0.2) is 23.0 Å². The molecule has 0 radical (unpaired) electrons. The van der Waals surface area contributed by atoms with Gasteiger partial charge in [-0.25, -0.2) is 18.4 Å². The zero-order chi connectivity index (χ0) is 23.7. The van der Waals surface area contributed by atoms with Crippen molar-refractivity contribution in [3.05, 3.63) is 29.5 Å². The second kappa shape index (κ2) is 7.25. The Morgan fingerprint density at radius 3 is 2.52 bits per heavy atom. The van der Waals surface area contributed by atoms with Gasteiger partial charge in [-0.2, -0.15) is 23.3 Å². The van der Waals surface area contributed by atoms with Crippen LogP contribution in [-0.4, -0.2) is 61.3 Å². The highest BCUT2D eigenvalue weighted by Gasteiger charge is 2.39. The molecule has 0 bridgehead atoms. The van der Waals surface area contributed by atoms with Crippen molar-refractivity contribution < 1.29 is 31.9 Å². The van der Waals surface area contributed by atoms with Crippen molar-refractivity contribution in [3.8, 4) is 17.0 Å². The molecule has 0 spiro atoms. The summed E-state index contributed by atoms with van der Waals surface area (Å²) in [7, 11) is 1.45. The number of carbonyl (C=O) groups excluding carboxylic acids is 1. The molecule has 3 aromatic rings. The summed E-state index contributed by atoms with van der Waals surface area (Å²) in [5.41, 5.74) is -2.67.